The molecule has 0 radical (unpaired) electrons. The van der Waals surface area contributed by atoms with Gasteiger partial charge in [-0.3, -0.25) is 14.4 Å². The summed E-state index contributed by atoms with van der Waals surface area (Å²) in [5.74, 6) is -1.65. The third kappa shape index (κ3) is 7.37. The average Bonchev–Trinajstić information content (AvgIpc) is 2.33. The third-order valence-corrected chi connectivity index (χ3v) is 2.31. The Morgan fingerprint density at radius 3 is 2.21 bits per heavy atom. The summed E-state index contributed by atoms with van der Waals surface area (Å²) in [6.07, 6.45) is 0.383. The molecule has 0 saturated carbocycles. The molecule has 0 saturated heterocycles. The lowest BCUT2D eigenvalue weighted by Gasteiger charge is -2.21. The Hall–Kier alpha value is -1.67. The molecule has 0 aromatic heterocycles. The minimum absolute atomic E-state index is 0.148. The summed E-state index contributed by atoms with van der Waals surface area (Å²) in [6, 6.07) is -1.90. The van der Waals surface area contributed by atoms with Crippen molar-refractivity contribution in [1.29, 1.82) is 0 Å². The zero-order valence-electron chi connectivity index (χ0n) is 11.2. The molecule has 0 spiro atoms. The topological polar surface area (TPSA) is 148 Å². The van der Waals surface area contributed by atoms with Gasteiger partial charge in [-0.05, 0) is 12.3 Å². The van der Waals surface area contributed by atoms with Crippen molar-refractivity contribution in [3.05, 3.63) is 0 Å². The number of nitrogens with two attached hydrogens (primary N) is 2. The van der Waals surface area contributed by atoms with Crippen molar-refractivity contribution < 1.29 is 19.5 Å². The van der Waals surface area contributed by atoms with E-state index in [0.29, 0.717) is 6.42 Å². The molecule has 7 N–H and O–H groups in total. The van der Waals surface area contributed by atoms with Crippen molar-refractivity contribution >= 4 is 17.7 Å². The number of nitrogens with one attached hydrogen (secondary N) is 2. The van der Waals surface area contributed by atoms with Gasteiger partial charge in [-0.2, -0.15) is 0 Å². The Balaban J connectivity index is 4.57. The second kappa shape index (κ2) is 8.44. The highest BCUT2D eigenvalue weighted by Crippen LogP contribution is 2.05. The summed E-state index contributed by atoms with van der Waals surface area (Å²) in [4.78, 5) is 33.9. The van der Waals surface area contributed by atoms with Gasteiger partial charge < -0.3 is 27.2 Å². The molecule has 0 heterocycles. The summed E-state index contributed by atoms with van der Waals surface area (Å²) in [5, 5.41) is 13.5. The van der Waals surface area contributed by atoms with Crippen LogP contribution in [0.3, 0.4) is 0 Å². The molecule has 19 heavy (non-hydrogen) atoms. The first kappa shape index (κ1) is 17.3. The highest BCUT2D eigenvalue weighted by atomic mass is 16.3. The quantitative estimate of drug-likeness (QED) is 0.330. The van der Waals surface area contributed by atoms with Crippen LogP contribution in [0.5, 0.6) is 0 Å². The van der Waals surface area contributed by atoms with E-state index in [1.165, 1.54) is 0 Å². The number of carbonyl (C=O) groups excluding carboxylic acids is 3. The molecule has 3 amide bonds. The monoisotopic (exact) mass is 274 g/mol. The standard InChI is InChI=1S/C11H22N4O4/c1-6(2)3-8(11(19)14-4-9(13)17)15-10(18)7(12)5-16/h6-8,16H,3-5,12H2,1-2H3,(H2,13,17)(H,14,19)(H,15,18)/t7-,8-/m0/s1. The fourth-order valence-corrected chi connectivity index (χ4v) is 1.36. The van der Waals surface area contributed by atoms with E-state index in [0.717, 1.165) is 0 Å². The first-order valence-corrected chi connectivity index (χ1v) is 6.00. The lowest BCUT2D eigenvalue weighted by Crippen LogP contribution is -2.53. The van der Waals surface area contributed by atoms with Crippen LogP contribution >= 0.6 is 0 Å². The number of hydrogen-bond donors (Lipinski definition) is 5. The van der Waals surface area contributed by atoms with Crippen LogP contribution < -0.4 is 22.1 Å². The van der Waals surface area contributed by atoms with E-state index in [9.17, 15) is 14.4 Å². The van der Waals surface area contributed by atoms with Crippen molar-refractivity contribution in [2.45, 2.75) is 32.4 Å². The van der Waals surface area contributed by atoms with Crippen molar-refractivity contribution in [2.75, 3.05) is 13.2 Å². The summed E-state index contributed by atoms with van der Waals surface area (Å²) in [6.45, 7) is 2.96. The van der Waals surface area contributed by atoms with Gasteiger partial charge in [-0.25, -0.2) is 0 Å². The molecule has 0 bridgehead atoms. The maximum absolute atomic E-state index is 11.8. The molecule has 0 rings (SSSR count). The van der Waals surface area contributed by atoms with Gasteiger partial charge in [0.15, 0.2) is 0 Å². The molecule has 8 nitrogen and oxygen atoms in total. The van der Waals surface area contributed by atoms with Crippen molar-refractivity contribution in [3.63, 3.8) is 0 Å². The summed E-state index contributed by atoms with van der Waals surface area (Å²) < 4.78 is 0. The molecule has 0 aliphatic heterocycles. The number of aliphatic hydroxyl groups excluding tert-OH is 1. The Morgan fingerprint density at radius 1 is 1.21 bits per heavy atom. The van der Waals surface area contributed by atoms with E-state index >= 15 is 0 Å². The van der Waals surface area contributed by atoms with Crippen LogP contribution in [0.2, 0.25) is 0 Å². The molecular formula is C11H22N4O4. The number of hydrogen-bond acceptors (Lipinski definition) is 5. The smallest absolute Gasteiger partial charge is 0.243 e. The number of aliphatic hydroxyl groups is 1. The van der Waals surface area contributed by atoms with E-state index in [2.05, 4.69) is 10.6 Å². The minimum Gasteiger partial charge on any atom is -0.394 e. The SMILES string of the molecule is CC(C)C[C@H](NC(=O)[C@@H](N)CO)C(=O)NCC(N)=O. The molecule has 8 heteroatoms. The Bertz CT molecular complexity index is 333. The number of rotatable bonds is 8. The second-order valence-electron chi connectivity index (χ2n) is 4.66. The van der Waals surface area contributed by atoms with Crippen molar-refractivity contribution in [3.8, 4) is 0 Å². The molecule has 0 aromatic rings. The summed E-state index contributed by atoms with van der Waals surface area (Å²) in [5.41, 5.74) is 10.3. The zero-order chi connectivity index (χ0) is 15.0. The van der Waals surface area contributed by atoms with Crippen LogP contribution in [-0.4, -0.2) is 48.1 Å². The van der Waals surface area contributed by atoms with Gasteiger partial charge in [0.2, 0.25) is 17.7 Å². The predicted octanol–water partition coefficient (Wildman–Crippen LogP) is -2.56. The molecule has 0 unspecified atom stereocenters. The highest BCUT2D eigenvalue weighted by Gasteiger charge is 2.24. The normalized spacial score (nSPS) is 13.7. The first-order valence-electron chi connectivity index (χ1n) is 6.00. The molecular weight excluding hydrogens is 252 g/mol. The van der Waals surface area contributed by atoms with E-state index in [4.69, 9.17) is 16.6 Å². The van der Waals surface area contributed by atoms with Crippen molar-refractivity contribution in [1.82, 2.24) is 10.6 Å². The van der Waals surface area contributed by atoms with E-state index in [1.54, 1.807) is 0 Å². The highest BCUT2D eigenvalue weighted by molar-refractivity contribution is 5.91. The predicted molar refractivity (Wildman–Crippen MR) is 68.7 cm³/mol. The first-order chi connectivity index (χ1) is 8.77. The molecule has 0 aromatic carbocycles. The van der Waals surface area contributed by atoms with Crippen LogP contribution in [0, 0.1) is 5.92 Å². The minimum atomic E-state index is -1.08. The van der Waals surface area contributed by atoms with E-state index in [1.807, 2.05) is 13.8 Å². The van der Waals surface area contributed by atoms with Gasteiger partial charge in [0.1, 0.15) is 12.1 Å². The van der Waals surface area contributed by atoms with E-state index in [-0.39, 0.29) is 12.5 Å². The van der Waals surface area contributed by atoms with E-state index < -0.39 is 36.4 Å². The van der Waals surface area contributed by atoms with Crippen LogP contribution in [0.25, 0.3) is 0 Å². The number of amides is 3. The molecule has 110 valence electrons. The van der Waals surface area contributed by atoms with Gasteiger partial charge in [-0.1, -0.05) is 13.8 Å². The fourth-order valence-electron chi connectivity index (χ4n) is 1.36. The summed E-state index contributed by atoms with van der Waals surface area (Å²) >= 11 is 0. The van der Waals surface area contributed by atoms with Crippen LogP contribution in [0.15, 0.2) is 0 Å². The number of carbonyl (C=O) groups is 3. The lowest BCUT2D eigenvalue weighted by molar-refractivity contribution is -0.131. The molecule has 0 aliphatic rings. The van der Waals surface area contributed by atoms with Gasteiger partial charge in [0.05, 0.1) is 13.2 Å². The summed E-state index contributed by atoms with van der Waals surface area (Å²) in [7, 11) is 0. The Morgan fingerprint density at radius 2 is 1.79 bits per heavy atom. The molecule has 2 atom stereocenters. The van der Waals surface area contributed by atoms with Crippen molar-refractivity contribution in [2.24, 2.45) is 17.4 Å². The Kier molecular flexibility index (Phi) is 7.69. The molecule has 0 fully saturated rings. The van der Waals surface area contributed by atoms with Gasteiger partial charge in [-0.15, -0.1) is 0 Å². The third-order valence-electron chi connectivity index (χ3n) is 2.31. The van der Waals surface area contributed by atoms with Crippen LogP contribution in [-0.2, 0) is 14.4 Å². The maximum Gasteiger partial charge on any atom is 0.243 e. The van der Waals surface area contributed by atoms with Gasteiger partial charge in [0, 0.05) is 0 Å². The second-order valence-corrected chi connectivity index (χ2v) is 4.66. The van der Waals surface area contributed by atoms with Gasteiger partial charge >= 0.3 is 0 Å². The maximum atomic E-state index is 11.8. The lowest BCUT2D eigenvalue weighted by atomic mass is 10.0. The van der Waals surface area contributed by atoms with Crippen LogP contribution in [0.4, 0.5) is 0 Å². The van der Waals surface area contributed by atoms with Gasteiger partial charge in [0.25, 0.3) is 0 Å². The zero-order valence-corrected chi connectivity index (χ0v) is 11.2. The molecule has 0 aliphatic carbocycles. The Labute approximate surface area is 111 Å². The fraction of sp³-hybridized carbons (Fsp3) is 0.727. The average molecular weight is 274 g/mol. The van der Waals surface area contributed by atoms with Crippen LogP contribution in [0.1, 0.15) is 20.3 Å². The largest absolute Gasteiger partial charge is 0.394 e. The number of primary amides is 1.